The van der Waals surface area contributed by atoms with E-state index in [4.69, 9.17) is 11.6 Å². The van der Waals surface area contributed by atoms with Crippen LogP contribution in [-0.4, -0.2) is 59.1 Å². The van der Waals surface area contributed by atoms with Gasteiger partial charge in [0.15, 0.2) is 0 Å². The highest BCUT2D eigenvalue weighted by Crippen LogP contribution is 2.36. The normalized spacial score (nSPS) is 16.7. The Morgan fingerprint density at radius 2 is 1.81 bits per heavy atom. The first kappa shape index (κ1) is 16.2. The molecule has 1 N–H and O–H groups in total. The van der Waals surface area contributed by atoms with Crippen LogP contribution in [0.25, 0.3) is 0 Å². The van der Waals surface area contributed by atoms with Crippen molar-refractivity contribution in [2.75, 3.05) is 43.9 Å². The molecule has 0 aromatic carbocycles. The Morgan fingerprint density at radius 3 is 2.29 bits per heavy atom. The van der Waals surface area contributed by atoms with Crippen molar-refractivity contribution in [3.8, 4) is 0 Å². The van der Waals surface area contributed by atoms with Crippen LogP contribution >= 0.6 is 11.6 Å². The Hall–Kier alpha value is -1.14. The van der Waals surface area contributed by atoms with Gasteiger partial charge in [-0.05, 0) is 58.8 Å². The lowest BCUT2D eigenvalue weighted by atomic mass is 9.75. The molecule has 0 radical (unpaired) electrons. The molecule has 1 aromatic rings. The van der Waals surface area contributed by atoms with Gasteiger partial charge in [-0.3, -0.25) is 0 Å². The monoisotopic (exact) mass is 312 g/mol. The smallest absolute Gasteiger partial charge is 0.231 e. The van der Waals surface area contributed by atoms with Crippen molar-refractivity contribution >= 4 is 23.5 Å². The third-order valence-electron chi connectivity index (χ3n) is 4.45. The molecule has 1 saturated carbocycles. The number of hydrogen-bond donors (Lipinski definition) is 1. The minimum absolute atomic E-state index is 0.217. The van der Waals surface area contributed by atoms with Crippen molar-refractivity contribution in [2.45, 2.75) is 38.6 Å². The van der Waals surface area contributed by atoms with E-state index in [0.717, 1.165) is 19.6 Å². The summed E-state index contributed by atoms with van der Waals surface area (Å²) in [6, 6.07) is 0. The number of aromatic nitrogens is 3. The summed E-state index contributed by atoms with van der Waals surface area (Å²) in [4.78, 5) is 17.2. The minimum Gasteiger partial charge on any atom is -0.352 e. The van der Waals surface area contributed by atoms with Gasteiger partial charge in [-0.2, -0.15) is 15.0 Å². The van der Waals surface area contributed by atoms with E-state index in [1.807, 2.05) is 0 Å². The molecule has 1 aliphatic rings. The second-order valence-electron chi connectivity index (χ2n) is 5.73. The Kier molecular flexibility index (Phi) is 5.22. The summed E-state index contributed by atoms with van der Waals surface area (Å²) >= 11 is 6.03. The highest BCUT2D eigenvalue weighted by Gasteiger charge is 2.38. The van der Waals surface area contributed by atoms with Crippen LogP contribution in [0.1, 0.15) is 33.1 Å². The fraction of sp³-hybridized carbons (Fsp3) is 0.786. The lowest BCUT2D eigenvalue weighted by Gasteiger charge is -2.47. The molecule has 1 aliphatic carbocycles. The van der Waals surface area contributed by atoms with Gasteiger partial charge in [0.25, 0.3) is 0 Å². The van der Waals surface area contributed by atoms with Crippen LogP contribution in [0.2, 0.25) is 5.28 Å². The van der Waals surface area contributed by atoms with E-state index in [1.165, 1.54) is 19.3 Å². The zero-order valence-electron chi connectivity index (χ0n) is 13.4. The SMILES string of the molecule is CCN(CC)c1nc(Cl)nc(NCC2(N(C)C)CCC2)n1. The van der Waals surface area contributed by atoms with Gasteiger partial charge in [0.2, 0.25) is 17.2 Å². The Balaban J connectivity index is 2.09. The number of halogens is 1. The minimum atomic E-state index is 0.217. The molecule has 0 unspecified atom stereocenters. The summed E-state index contributed by atoms with van der Waals surface area (Å²) < 4.78 is 0. The van der Waals surface area contributed by atoms with Gasteiger partial charge >= 0.3 is 0 Å². The molecule has 21 heavy (non-hydrogen) atoms. The summed E-state index contributed by atoms with van der Waals surface area (Å²) in [6.45, 7) is 6.67. The standard InChI is InChI=1S/C14H25ClN6/c1-5-21(6-2)13-18-11(15)17-12(19-13)16-10-14(20(3)4)8-7-9-14/h5-10H2,1-4H3,(H,16,17,18,19). The van der Waals surface area contributed by atoms with Crippen LogP contribution in [0.15, 0.2) is 0 Å². The first-order valence-electron chi connectivity index (χ1n) is 7.58. The zero-order valence-corrected chi connectivity index (χ0v) is 14.1. The van der Waals surface area contributed by atoms with Gasteiger partial charge in [0, 0.05) is 25.2 Å². The molecule has 0 spiro atoms. The first-order valence-corrected chi connectivity index (χ1v) is 7.96. The average Bonchev–Trinajstić information content (AvgIpc) is 2.38. The third-order valence-corrected chi connectivity index (χ3v) is 4.62. The van der Waals surface area contributed by atoms with Crippen molar-refractivity contribution < 1.29 is 0 Å². The number of rotatable bonds is 7. The van der Waals surface area contributed by atoms with Crippen molar-refractivity contribution in [1.29, 1.82) is 0 Å². The van der Waals surface area contributed by atoms with Crippen LogP contribution in [0.3, 0.4) is 0 Å². The summed E-state index contributed by atoms with van der Waals surface area (Å²) in [5.74, 6) is 1.19. The summed E-state index contributed by atoms with van der Waals surface area (Å²) in [6.07, 6.45) is 3.69. The van der Waals surface area contributed by atoms with Gasteiger partial charge < -0.3 is 15.1 Å². The number of likely N-dealkylation sites (N-methyl/N-ethyl adjacent to an activating group) is 1. The van der Waals surface area contributed by atoms with Crippen LogP contribution < -0.4 is 10.2 Å². The van der Waals surface area contributed by atoms with Crippen LogP contribution in [0.4, 0.5) is 11.9 Å². The van der Waals surface area contributed by atoms with E-state index in [0.29, 0.717) is 11.9 Å². The number of hydrogen-bond acceptors (Lipinski definition) is 6. The lowest BCUT2D eigenvalue weighted by Crippen LogP contribution is -2.54. The van der Waals surface area contributed by atoms with Gasteiger partial charge in [-0.1, -0.05) is 0 Å². The van der Waals surface area contributed by atoms with E-state index in [-0.39, 0.29) is 10.8 Å². The van der Waals surface area contributed by atoms with Crippen LogP contribution in [0, 0.1) is 0 Å². The molecular formula is C14H25ClN6. The number of nitrogens with one attached hydrogen (secondary N) is 1. The molecule has 0 bridgehead atoms. The van der Waals surface area contributed by atoms with Gasteiger partial charge in [0.1, 0.15) is 0 Å². The van der Waals surface area contributed by atoms with Crippen LogP contribution in [-0.2, 0) is 0 Å². The summed E-state index contributed by atoms with van der Waals surface area (Å²) in [7, 11) is 4.26. The molecule has 6 nitrogen and oxygen atoms in total. The predicted octanol–water partition coefficient (Wildman–Crippen LogP) is 2.27. The predicted molar refractivity (Wildman–Crippen MR) is 87.2 cm³/mol. The van der Waals surface area contributed by atoms with Gasteiger partial charge in [0.05, 0.1) is 0 Å². The maximum atomic E-state index is 6.03. The summed E-state index contributed by atoms with van der Waals surface area (Å²) in [5, 5.41) is 3.58. The van der Waals surface area contributed by atoms with E-state index >= 15 is 0 Å². The lowest BCUT2D eigenvalue weighted by molar-refractivity contribution is 0.0737. The van der Waals surface area contributed by atoms with E-state index in [9.17, 15) is 0 Å². The highest BCUT2D eigenvalue weighted by atomic mass is 35.5. The fourth-order valence-electron chi connectivity index (χ4n) is 2.68. The van der Waals surface area contributed by atoms with E-state index in [2.05, 4.69) is 58.0 Å². The van der Waals surface area contributed by atoms with E-state index in [1.54, 1.807) is 0 Å². The third kappa shape index (κ3) is 3.55. The number of nitrogens with zero attached hydrogens (tertiary/aromatic N) is 5. The highest BCUT2D eigenvalue weighted by molar-refractivity contribution is 6.28. The van der Waals surface area contributed by atoms with Gasteiger partial charge in [-0.25, -0.2) is 0 Å². The molecule has 0 saturated heterocycles. The molecular weight excluding hydrogens is 288 g/mol. The fourth-order valence-corrected chi connectivity index (χ4v) is 2.83. The van der Waals surface area contributed by atoms with Crippen molar-refractivity contribution in [3.63, 3.8) is 0 Å². The molecule has 0 aliphatic heterocycles. The van der Waals surface area contributed by atoms with Crippen LogP contribution in [0.5, 0.6) is 0 Å². The second-order valence-corrected chi connectivity index (χ2v) is 6.06. The Morgan fingerprint density at radius 1 is 1.14 bits per heavy atom. The quantitative estimate of drug-likeness (QED) is 0.833. The molecule has 1 fully saturated rings. The molecule has 1 aromatic heterocycles. The van der Waals surface area contributed by atoms with Crippen molar-refractivity contribution in [3.05, 3.63) is 5.28 Å². The molecule has 1 heterocycles. The zero-order chi connectivity index (χ0) is 15.5. The number of anilines is 2. The van der Waals surface area contributed by atoms with Gasteiger partial charge in [-0.15, -0.1) is 0 Å². The first-order chi connectivity index (χ1) is 10.0. The van der Waals surface area contributed by atoms with Crippen molar-refractivity contribution in [2.24, 2.45) is 0 Å². The summed E-state index contributed by atoms with van der Waals surface area (Å²) in [5.41, 5.74) is 0.217. The molecule has 0 amide bonds. The maximum absolute atomic E-state index is 6.03. The maximum Gasteiger partial charge on any atom is 0.231 e. The second kappa shape index (κ2) is 6.75. The Bertz CT molecular complexity index is 471. The molecule has 7 heteroatoms. The topological polar surface area (TPSA) is 57.2 Å². The molecule has 118 valence electrons. The average molecular weight is 313 g/mol. The van der Waals surface area contributed by atoms with E-state index < -0.39 is 0 Å². The Labute approximate surface area is 131 Å². The molecule has 2 rings (SSSR count). The van der Waals surface area contributed by atoms with Crippen molar-refractivity contribution in [1.82, 2.24) is 19.9 Å². The largest absolute Gasteiger partial charge is 0.352 e. The molecule has 0 atom stereocenters.